The van der Waals surface area contributed by atoms with Crippen LogP contribution in [0.2, 0.25) is 0 Å². The van der Waals surface area contributed by atoms with Gasteiger partial charge in [-0.3, -0.25) is 0 Å². The molecule has 0 aromatic heterocycles. The van der Waals surface area contributed by atoms with E-state index in [0.717, 1.165) is 35.5 Å². The first-order chi connectivity index (χ1) is 13.8. The number of hydrogen-bond acceptors (Lipinski definition) is 0. The van der Waals surface area contributed by atoms with Crippen molar-refractivity contribution in [3.8, 4) is 0 Å². The van der Waals surface area contributed by atoms with Gasteiger partial charge in [0.15, 0.2) is 0 Å². The van der Waals surface area contributed by atoms with Gasteiger partial charge in [0.05, 0.1) is 0 Å². The predicted octanol–water partition coefficient (Wildman–Crippen LogP) is 10.1. The average Bonchev–Trinajstić information content (AvgIpc) is 2.68. The van der Waals surface area contributed by atoms with Crippen LogP contribution >= 0.6 is 0 Å². The second-order valence-corrected chi connectivity index (χ2v) is 12.3. The highest BCUT2D eigenvalue weighted by atomic mass is 14.4. The molecule has 0 radical (unpaired) electrons. The second-order valence-electron chi connectivity index (χ2n) is 12.3. The largest absolute Gasteiger partial charge is 0.0654 e. The molecule has 6 atom stereocenters. The first-order valence-electron chi connectivity index (χ1n) is 13.8. The van der Waals surface area contributed by atoms with E-state index in [-0.39, 0.29) is 0 Å². The summed E-state index contributed by atoms with van der Waals surface area (Å²) in [6.07, 6.45) is 23.6. The van der Waals surface area contributed by atoms with Crippen LogP contribution in [0.5, 0.6) is 0 Å². The Morgan fingerprint density at radius 3 is 2.14 bits per heavy atom. The summed E-state index contributed by atoms with van der Waals surface area (Å²) in [6, 6.07) is 0. The molecule has 2 rings (SSSR count). The third kappa shape index (κ3) is 8.57. The van der Waals surface area contributed by atoms with E-state index in [1.54, 1.807) is 0 Å². The molecule has 0 N–H and O–H groups in total. The maximum absolute atomic E-state index is 2.61. The topological polar surface area (TPSA) is 0 Å². The monoisotopic (exact) mass is 404 g/mol. The van der Waals surface area contributed by atoms with E-state index in [1.165, 1.54) is 103 Å². The fourth-order valence-electron chi connectivity index (χ4n) is 7.26. The van der Waals surface area contributed by atoms with Gasteiger partial charge in [0.2, 0.25) is 0 Å². The Bertz CT molecular complexity index is 420. The molecule has 2 saturated carbocycles. The van der Waals surface area contributed by atoms with Crippen LogP contribution in [0.15, 0.2) is 0 Å². The standard InChI is InChI=1S/C29H56/c1-7-18-29(6)19-12-11-13-25(4)28(17-16-26(29)5)22-24(3)20-23(2)21-27-14-9-8-10-15-27/h23-28H,7-22H2,1-6H3. The molecular weight excluding hydrogens is 348 g/mol. The van der Waals surface area contributed by atoms with Gasteiger partial charge in [-0.15, -0.1) is 0 Å². The summed E-state index contributed by atoms with van der Waals surface area (Å²) in [4.78, 5) is 0. The van der Waals surface area contributed by atoms with E-state index in [0.29, 0.717) is 5.41 Å². The Labute approximate surface area is 185 Å². The number of rotatable bonds is 8. The van der Waals surface area contributed by atoms with Gasteiger partial charge in [-0.1, -0.05) is 99.3 Å². The Balaban J connectivity index is 1.85. The zero-order valence-electron chi connectivity index (χ0n) is 21.3. The van der Waals surface area contributed by atoms with Gasteiger partial charge in [0, 0.05) is 0 Å². The van der Waals surface area contributed by atoms with Crippen molar-refractivity contribution in [1.82, 2.24) is 0 Å². The molecule has 0 aromatic carbocycles. The summed E-state index contributed by atoms with van der Waals surface area (Å²) in [7, 11) is 0. The fraction of sp³-hybridized carbons (Fsp3) is 1.00. The average molecular weight is 405 g/mol. The summed E-state index contributed by atoms with van der Waals surface area (Å²) in [6.45, 7) is 15.3. The summed E-state index contributed by atoms with van der Waals surface area (Å²) < 4.78 is 0. The minimum Gasteiger partial charge on any atom is -0.0654 e. The summed E-state index contributed by atoms with van der Waals surface area (Å²) >= 11 is 0. The highest BCUT2D eigenvalue weighted by molar-refractivity contribution is 4.83. The van der Waals surface area contributed by atoms with Gasteiger partial charge >= 0.3 is 0 Å². The zero-order chi connectivity index (χ0) is 21.3. The lowest BCUT2D eigenvalue weighted by Gasteiger charge is -2.39. The molecule has 2 aliphatic carbocycles. The SMILES string of the molecule is CCCC1(C)CCCCC(C)C(CC(C)CC(C)CC2CCCCC2)CCC1C. The van der Waals surface area contributed by atoms with Crippen molar-refractivity contribution in [2.24, 2.45) is 40.9 Å². The molecule has 0 bridgehead atoms. The molecule has 29 heavy (non-hydrogen) atoms. The molecule has 6 unspecified atom stereocenters. The molecule has 0 heterocycles. The molecule has 0 aromatic rings. The van der Waals surface area contributed by atoms with E-state index in [4.69, 9.17) is 0 Å². The normalized spacial score (nSPS) is 35.2. The van der Waals surface area contributed by atoms with Crippen molar-refractivity contribution >= 4 is 0 Å². The summed E-state index contributed by atoms with van der Waals surface area (Å²) in [5, 5.41) is 0. The van der Waals surface area contributed by atoms with Gasteiger partial charge in [0.1, 0.15) is 0 Å². The van der Waals surface area contributed by atoms with Crippen LogP contribution in [0.3, 0.4) is 0 Å². The Morgan fingerprint density at radius 1 is 0.793 bits per heavy atom. The van der Waals surface area contributed by atoms with E-state index in [9.17, 15) is 0 Å². The van der Waals surface area contributed by atoms with Crippen molar-refractivity contribution in [2.45, 2.75) is 144 Å². The number of hydrogen-bond donors (Lipinski definition) is 0. The van der Waals surface area contributed by atoms with Crippen LogP contribution in [-0.2, 0) is 0 Å². The second kappa shape index (κ2) is 12.8. The van der Waals surface area contributed by atoms with Crippen LogP contribution < -0.4 is 0 Å². The molecule has 0 amide bonds. The molecule has 172 valence electrons. The molecule has 2 aliphatic rings. The maximum atomic E-state index is 2.61. The quantitative estimate of drug-likeness (QED) is 0.377. The molecule has 0 spiro atoms. The molecule has 0 aliphatic heterocycles. The Hall–Kier alpha value is 0. The maximum Gasteiger partial charge on any atom is -0.0300 e. The summed E-state index contributed by atoms with van der Waals surface area (Å²) in [5.74, 6) is 5.72. The van der Waals surface area contributed by atoms with Crippen LogP contribution in [0.1, 0.15) is 144 Å². The first-order valence-corrected chi connectivity index (χ1v) is 13.8. The van der Waals surface area contributed by atoms with E-state index < -0.39 is 0 Å². The molecule has 2 fully saturated rings. The molecular formula is C29H56. The van der Waals surface area contributed by atoms with Crippen molar-refractivity contribution < 1.29 is 0 Å². The van der Waals surface area contributed by atoms with Gasteiger partial charge in [0.25, 0.3) is 0 Å². The summed E-state index contributed by atoms with van der Waals surface area (Å²) in [5.41, 5.74) is 0.597. The molecule has 0 saturated heterocycles. The minimum atomic E-state index is 0.597. The minimum absolute atomic E-state index is 0.597. The molecule has 0 heteroatoms. The Morgan fingerprint density at radius 2 is 1.45 bits per heavy atom. The first kappa shape index (κ1) is 25.3. The smallest absolute Gasteiger partial charge is 0.0300 e. The van der Waals surface area contributed by atoms with Gasteiger partial charge in [-0.2, -0.15) is 0 Å². The van der Waals surface area contributed by atoms with Crippen molar-refractivity contribution in [1.29, 1.82) is 0 Å². The lowest BCUT2D eigenvalue weighted by atomic mass is 9.66. The van der Waals surface area contributed by atoms with Gasteiger partial charge in [-0.05, 0) is 85.9 Å². The highest BCUT2D eigenvalue weighted by Gasteiger charge is 2.32. The van der Waals surface area contributed by atoms with Crippen molar-refractivity contribution in [3.63, 3.8) is 0 Å². The predicted molar refractivity (Wildman–Crippen MR) is 131 cm³/mol. The van der Waals surface area contributed by atoms with E-state index >= 15 is 0 Å². The molecule has 0 nitrogen and oxygen atoms in total. The van der Waals surface area contributed by atoms with E-state index in [2.05, 4.69) is 41.5 Å². The van der Waals surface area contributed by atoms with Gasteiger partial charge in [-0.25, -0.2) is 0 Å². The van der Waals surface area contributed by atoms with Crippen LogP contribution in [-0.4, -0.2) is 0 Å². The van der Waals surface area contributed by atoms with Crippen LogP contribution in [0, 0.1) is 40.9 Å². The van der Waals surface area contributed by atoms with Crippen molar-refractivity contribution in [2.75, 3.05) is 0 Å². The fourth-order valence-corrected chi connectivity index (χ4v) is 7.26. The Kier molecular flexibility index (Phi) is 11.1. The highest BCUT2D eigenvalue weighted by Crippen LogP contribution is 2.44. The van der Waals surface area contributed by atoms with Crippen LogP contribution in [0.4, 0.5) is 0 Å². The van der Waals surface area contributed by atoms with Gasteiger partial charge < -0.3 is 0 Å². The van der Waals surface area contributed by atoms with Crippen LogP contribution in [0.25, 0.3) is 0 Å². The lowest BCUT2D eigenvalue weighted by molar-refractivity contribution is 0.120. The van der Waals surface area contributed by atoms with E-state index in [1.807, 2.05) is 0 Å². The lowest BCUT2D eigenvalue weighted by Crippen LogP contribution is -2.28. The van der Waals surface area contributed by atoms with Crippen molar-refractivity contribution in [3.05, 3.63) is 0 Å². The zero-order valence-corrected chi connectivity index (χ0v) is 21.3. The third-order valence-corrected chi connectivity index (χ3v) is 9.41. The third-order valence-electron chi connectivity index (χ3n) is 9.41.